The minimum absolute atomic E-state index is 0.0504. The van der Waals surface area contributed by atoms with Crippen molar-refractivity contribution in [3.63, 3.8) is 0 Å². The van der Waals surface area contributed by atoms with E-state index in [9.17, 15) is 17.6 Å². The van der Waals surface area contributed by atoms with Gasteiger partial charge in [-0.05, 0) is 12.1 Å². The van der Waals surface area contributed by atoms with Gasteiger partial charge in [-0.3, -0.25) is 4.40 Å². The standard InChI is InChI=1S/C15H10F4N2O/c16-12-4-2-1-3-10(12)9-22-14-8-11(15(17,18)19)7-13-20-5-6-21(13)14/h1-8H,9H2. The topological polar surface area (TPSA) is 26.5 Å². The molecule has 22 heavy (non-hydrogen) atoms. The second-order valence-corrected chi connectivity index (χ2v) is 4.62. The zero-order valence-corrected chi connectivity index (χ0v) is 11.1. The van der Waals surface area contributed by atoms with Crippen LogP contribution in [0.3, 0.4) is 0 Å². The third-order valence-corrected chi connectivity index (χ3v) is 3.13. The molecular formula is C15H10F4N2O. The fourth-order valence-electron chi connectivity index (χ4n) is 2.03. The SMILES string of the molecule is Fc1ccccc1COc1cc(C(F)(F)F)cc2nccn12. The Hall–Kier alpha value is -2.57. The maximum absolute atomic E-state index is 13.5. The van der Waals surface area contributed by atoms with Gasteiger partial charge >= 0.3 is 6.18 Å². The number of ether oxygens (including phenoxy) is 1. The number of pyridine rings is 1. The number of hydrogen-bond acceptors (Lipinski definition) is 2. The predicted molar refractivity (Wildman–Crippen MR) is 70.9 cm³/mol. The van der Waals surface area contributed by atoms with Crippen LogP contribution in [-0.4, -0.2) is 9.38 Å². The van der Waals surface area contributed by atoms with Gasteiger partial charge in [-0.25, -0.2) is 9.37 Å². The number of halogens is 4. The van der Waals surface area contributed by atoms with Crippen LogP contribution in [0.15, 0.2) is 48.8 Å². The smallest absolute Gasteiger partial charge is 0.416 e. The van der Waals surface area contributed by atoms with Gasteiger partial charge in [0.2, 0.25) is 0 Å². The molecule has 0 spiro atoms. The van der Waals surface area contributed by atoms with E-state index >= 15 is 0 Å². The van der Waals surface area contributed by atoms with E-state index in [1.165, 1.54) is 35.0 Å². The quantitative estimate of drug-likeness (QED) is 0.682. The summed E-state index contributed by atoms with van der Waals surface area (Å²) in [6.07, 6.45) is -1.67. The summed E-state index contributed by atoms with van der Waals surface area (Å²) in [5.74, 6) is -0.526. The van der Waals surface area contributed by atoms with Crippen LogP contribution in [0.25, 0.3) is 5.65 Å². The second kappa shape index (κ2) is 5.32. The maximum Gasteiger partial charge on any atom is 0.416 e. The number of nitrogens with zero attached hydrogens (tertiary/aromatic N) is 2. The van der Waals surface area contributed by atoms with Gasteiger partial charge in [-0.15, -0.1) is 0 Å². The number of fused-ring (bicyclic) bond motifs is 1. The molecular weight excluding hydrogens is 300 g/mol. The van der Waals surface area contributed by atoms with Crippen molar-refractivity contribution in [2.45, 2.75) is 12.8 Å². The summed E-state index contributed by atoms with van der Waals surface area (Å²) in [6.45, 7) is -0.179. The predicted octanol–water partition coefficient (Wildman–Crippen LogP) is 4.07. The summed E-state index contributed by atoms with van der Waals surface area (Å²) in [7, 11) is 0. The van der Waals surface area contributed by atoms with E-state index in [-0.39, 0.29) is 23.7 Å². The number of benzene rings is 1. The van der Waals surface area contributed by atoms with Crippen LogP contribution >= 0.6 is 0 Å². The molecule has 2 aromatic heterocycles. The van der Waals surface area contributed by atoms with Crippen molar-refractivity contribution in [3.05, 3.63) is 65.7 Å². The molecule has 1 aromatic carbocycles. The molecule has 0 unspecified atom stereocenters. The van der Waals surface area contributed by atoms with Crippen LogP contribution in [0, 0.1) is 5.82 Å². The summed E-state index contributed by atoms with van der Waals surface area (Å²) in [4.78, 5) is 3.83. The zero-order valence-electron chi connectivity index (χ0n) is 11.1. The Morgan fingerprint density at radius 3 is 2.64 bits per heavy atom. The first kappa shape index (κ1) is 14.4. The average molecular weight is 310 g/mol. The van der Waals surface area contributed by atoms with Gasteiger partial charge in [-0.1, -0.05) is 18.2 Å². The van der Waals surface area contributed by atoms with Crippen molar-refractivity contribution in [3.8, 4) is 5.88 Å². The molecule has 0 saturated carbocycles. The Labute approximate surface area is 122 Å². The van der Waals surface area contributed by atoms with Crippen molar-refractivity contribution in [2.24, 2.45) is 0 Å². The van der Waals surface area contributed by atoms with E-state index in [1.807, 2.05) is 0 Å². The van der Waals surface area contributed by atoms with E-state index in [2.05, 4.69) is 4.98 Å². The van der Waals surface area contributed by atoms with E-state index in [1.54, 1.807) is 6.07 Å². The molecule has 2 heterocycles. The number of imidazole rings is 1. The molecule has 7 heteroatoms. The molecule has 0 fully saturated rings. The highest BCUT2D eigenvalue weighted by molar-refractivity contribution is 5.46. The van der Waals surface area contributed by atoms with Crippen LogP contribution in [-0.2, 0) is 12.8 Å². The lowest BCUT2D eigenvalue weighted by Crippen LogP contribution is -2.08. The van der Waals surface area contributed by atoms with Gasteiger partial charge in [0.1, 0.15) is 18.1 Å². The summed E-state index contributed by atoms with van der Waals surface area (Å²) in [5.41, 5.74) is -0.499. The molecule has 0 N–H and O–H groups in total. The first-order valence-electron chi connectivity index (χ1n) is 6.35. The van der Waals surface area contributed by atoms with Gasteiger partial charge < -0.3 is 4.74 Å². The number of rotatable bonds is 3. The molecule has 0 aliphatic carbocycles. The first-order valence-corrected chi connectivity index (χ1v) is 6.35. The molecule has 0 atom stereocenters. The maximum atomic E-state index is 13.5. The Morgan fingerprint density at radius 1 is 1.14 bits per heavy atom. The second-order valence-electron chi connectivity index (χ2n) is 4.62. The average Bonchev–Trinajstić information content (AvgIpc) is 2.93. The lowest BCUT2D eigenvalue weighted by Gasteiger charge is -2.13. The van der Waals surface area contributed by atoms with Crippen LogP contribution in [0.1, 0.15) is 11.1 Å². The van der Waals surface area contributed by atoms with Gasteiger partial charge in [0.05, 0.1) is 5.56 Å². The van der Waals surface area contributed by atoms with E-state index < -0.39 is 17.6 Å². The van der Waals surface area contributed by atoms with E-state index in [4.69, 9.17) is 4.74 Å². The molecule has 3 nitrogen and oxygen atoms in total. The third kappa shape index (κ3) is 2.74. The van der Waals surface area contributed by atoms with Crippen LogP contribution < -0.4 is 4.74 Å². The molecule has 0 aliphatic rings. The Morgan fingerprint density at radius 2 is 1.91 bits per heavy atom. The van der Waals surface area contributed by atoms with Crippen molar-refractivity contribution in [1.82, 2.24) is 9.38 Å². The van der Waals surface area contributed by atoms with Gasteiger partial charge in [0, 0.05) is 24.0 Å². The molecule has 0 saturated heterocycles. The van der Waals surface area contributed by atoms with E-state index in [0.717, 1.165) is 12.1 Å². The highest BCUT2D eigenvalue weighted by atomic mass is 19.4. The van der Waals surface area contributed by atoms with Crippen molar-refractivity contribution < 1.29 is 22.3 Å². The Balaban J connectivity index is 1.96. The monoisotopic (exact) mass is 310 g/mol. The van der Waals surface area contributed by atoms with Crippen LogP contribution in [0.2, 0.25) is 0 Å². The fourth-order valence-corrected chi connectivity index (χ4v) is 2.03. The minimum Gasteiger partial charge on any atom is -0.474 e. The molecule has 3 aromatic rings. The number of aromatic nitrogens is 2. The zero-order chi connectivity index (χ0) is 15.7. The first-order chi connectivity index (χ1) is 10.4. The highest BCUT2D eigenvalue weighted by Gasteiger charge is 2.32. The summed E-state index contributed by atoms with van der Waals surface area (Å²) < 4.78 is 58.9. The van der Waals surface area contributed by atoms with Crippen LogP contribution in [0.4, 0.5) is 17.6 Å². The molecule has 0 bridgehead atoms. The lowest BCUT2D eigenvalue weighted by atomic mass is 10.2. The van der Waals surface area contributed by atoms with Gasteiger partial charge in [0.15, 0.2) is 5.88 Å². The molecule has 0 aliphatic heterocycles. The van der Waals surface area contributed by atoms with Gasteiger partial charge in [0.25, 0.3) is 0 Å². The number of hydrogen-bond donors (Lipinski definition) is 0. The Bertz CT molecular complexity index is 811. The van der Waals surface area contributed by atoms with E-state index in [0.29, 0.717) is 0 Å². The fraction of sp³-hybridized carbons (Fsp3) is 0.133. The third-order valence-electron chi connectivity index (χ3n) is 3.13. The molecule has 3 rings (SSSR count). The number of alkyl halides is 3. The largest absolute Gasteiger partial charge is 0.474 e. The minimum atomic E-state index is -4.51. The Kier molecular flexibility index (Phi) is 3.48. The van der Waals surface area contributed by atoms with Gasteiger partial charge in [-0.2, -0.15) is 13.2 Å². The lowest BCUT2D eigenvalue weighted by molar-refractivity contribution is -0.137. The normalized spacial score (nSPS) is 11.8. The molecule has 114 valence electrons. The molecule has 0 amide bonds. The van der Waals surface area contributed by atoms with Crippen molar-refractivity contribution >= 4 is 5.65 Å². The highest BCUT2D eigenvalue weighted by Crippen LogP contribution is 2.32. The van der Waals surface area contributed by atoms with Crippen LogP contribution in [0.5, 0.6) is 5.88 Å². The van der Waals surface area contributed by atoms with Crippen molar-refractivity contribution in [1.29, 1.82) is 0 Å². The summed E-state index contributed by atoms with van der Waals surface area (Å²) in [6, 6.07) is 7.72. The van der Waals surface area contributed by atoms with Crippen molar-refractivity contribution in [2.75, 3.05) is 0 Å². The summed E-state index contributed by atoms with van der Waals surface area (Å²) in [5, 5.41) is 0. The molecule has 0 radical (unpaired) electrons. The summed E-state index contributed by atoms with van der Waals surface area (Å²) >= 11 is 0.